The van der Waals surface area contributed by atoms with Gasteiger partial charge in [-0.15, -0.1) is 10.2 Å². The standard InChI is InChI=1S/C33H31FN4O3S/c1-22-9-15-26(16-10-22)38-31(36-37-33(38)42-21-24-11-13-25(34)14-12-24)29(19-23-7-5-4-6-8-23)35-32(39)28-18-17-27(40-2)20-30(28)41-3/h4-18,20,29H,19,21H2,1-3H3,(H,35,39). The fourth-order valence-electron chi connectivity index (χ4n) is 4.54. The molecule has 7 nitrogen and oxygen atoms in total. The van der Waals surface area contributed by atoms with Gasteiger partial charge in [0, 0.05) is 17.5 Å². The summed E-state index contributed by atoms with van der Waals surface area (Å²) in [7, 11) is 3.08. The van der Waals surface area contributed by atoms with E-state index < -0.39 is 6.04 Å². The summed E-state index contributed by atoms with van der Waals surface area (Å²) in [5, 5.41) is 13.0. The SMILES string of the molecule is COc1ccc(C(=O)NC(Cc2ccccc2)c2nnc(SCc3ccc(F)cc3)n2-c2ccc(C)cc2)c(OC)c1. The lowest BCUT2D eigenvalue weighted by Crippen LogP contribution is -2.32. The minimum Gasteiger partial charge on any atom is -0.497 e. The Morgan fingerprint density at radius 1 is 0.905 bits per heavy atom. The first-order valence-electron chi connectivity index (χ1n) is 13.4. The van der Waals surface area contributed by atoms with Crippen LogP contribution in [0, 0.1) is 12.7 Å². The van der Waals surface area contributed by atoms with Crippen molar-refractivity contribution >= 4 is 17.7 Å². The van der Waals surface area contributed by atoms with Crippen molar-refractivity contribution in [3.63, 3.8) is 0 Å². The number of benzene rings is 4. The van der Waals surface area contributed by atoms with Crippen molar-refractivity contribution in [1.82, 2.24) is 20.1 Å². The molecule has 1 N–H and O–H groups in total. The van der Waals surface area contributed by atoms with Crippen LogP contribution in [-0.4, -0.2) is 34.9 Å². The Bertz CT molecular complexity index is 1640. The second-order valence-electron chi connectivity index (χ2n) is 9.71. The summed E-state index contributed by atoms with van der Waals surface area (Å²) in [6.45, 7) is 2.03. The predicted molar refractivity (Wildman–Crippen MR) is 162 cm³/mol. The lowest BCUT2D eigenvalue weighted by Gasteiger charge is -2.21. The van der Waals surface area contributed by atoms with Crippen molar-refractivity contribution in [2.45, 2.75) is 30.3 Å². The van der Waals surface area contributed by atoms with Gasteiger partial charge in [-0.3, -0.25) is 9.36 Å². The average Bonchev–Trinajstić information content (AvgIpc) is 3.44. The number of carbonyl (C=O) groups is 1. The molecule has 0 saturated carbocycles. The predicted octanol–water partition coefficient (Wildman–Crippen LogP) is 6.74. The third-order valence-corrected chi connectivity index (χ3v) is 7.78. The summed E-state index contributed by atoms with van der Waals surface area (Å²) in [6, 6.07) is 29.0. The highest BCUT2D eigenvalue weighted by molar-refractivity contribution is 7.98. The molecular weight excluding hydrogens is 551 g/mol. The molecule has 0 saturated heterocycles. The topological polar surface area (TPSA) is 78.3 Å². The second-order valence-corrected chi connectivity index (χ2v) is 10.7. The van der Waals surface area contributed by atoms with E-state index in [0.29, 0.717) is 40.2 Å². The van der Waals surface area contributed by atoms with E-state index >= 15 is 0 Å². The highest BCUT2D eigenvalue weighted by atomic mass is 32.2. The van der Waals surface area contributed by atoms with E-state index in [0.717, 1.165) is 22.4 Å². The summed E-state index contributed by atoms with van der Waals surface area (Å²) in [4.78, 5) is 13.7. The van der Waals surface area contributed by atoms with Gasteiger partial charge in [0.15, 0.2) is 11.0 Å². The third kappa shape index (κ3) is 6.80. The number of thioether (sulfide) groups is 1. The van der Waals surface area contributed by atoms with Crippen LogP contribution in [0.25, 0.3) is 5.69 Å². The quantitative estimate of drug-likeness (QED) is 0.174. The average molecular weight is 583 g/mol. The Morgan fingerprint density at radius 3 is 2.33 bits per heavy atom. The molecule has 0 fully saturated rings. The number of nitrogens with one attached hydrogen (secondary N) is 1. The van der Waals surface area contributed by atoms with Crippen molar-refractivity contribution in [3.05, 3.63) is 131 Å². The van der Waals surface area contributed by atoms with Gasteiger partial charge in [0.05, 0.1) is 25.8 Å². The molecule has 0 aliphatic rings. The number of rotatable bonds is 11. The van der Waals surface area contributed by atoms with Crippen molar-refractivity contribution in [2.24, 2.45) is 0 Å². The van der Waals surface area contributed by atoms with E-state index in [1.165, 1.54) is 31.0 Å². The van der Waals surface area contributed by atoms with E-state index in [-0.39, 0.29) is 11.7 Å². The summed E-state index contributed by atoms with van der Waals surface area (Å²) in [6.07, 6.45) is 0.484. The minimum absolute atomic E-state index is 0.276. The number of methoxy groups -OCH3 is 2. The van der Waals surface area contributed by atoms with Crippen molar-refractivity contribution in [3.8, 4) is 17.2 Å². The molecule has 1 atom stereocenters. The van der Waals surface area contributed by atoms with Crippen LogP contribution in [0.15, 0.2) is 102 Å². The molecule has 1 amide bonds. The van der Waals surface area contributed by atoms with Crippen LogP contribution >= 0.6 is 11.8 Å². The number of hydrogen-bond acceptors (Lipinski definition) is 6. The number of aryl methyl sites for hydroxylation is 1. The molecule has 0 radical (unpaired) electrons. The van der Waals surface area contributed by atoms with Crippen LogP contribution in [0.1, 0.15) is 38.9 Å². The largest absolute Gasteiger partial charge is 0.497 e. The van der Waals surface area contributed by atoms with Gasteiger partial charge in [0.25, 0.3) is 5.91 Å². The highest BCUT2D eigenvalue weighted by Crippen LogP contribution is 2.30. The summed E-state index contributed by atoms with van der Waals surface area (Å²) < 4.78 is 26.3. The minimum atomic E-state index is -0.527. The van der Waals surface area contributed by atoms with Gasteiger partial charge >= 0.3 is 0 Å². The van der Waals surface area contributed by atoms with Gasteiger partial charge in [-0.25, -0.2) is 4.39 Å². The van der Waals surface area contributed by atoms with Crippen LogP contribution in [0.2, 0.25) is 0 Å². The Labute approximate surface area is 248 Å². The van der Waals surface area contributed by atoms with Crippen LogP contribution in [0.4, 0.5) is 4.39 Å². The molecule has 42 heavy (non-hydrogen) atoms. The zero-order valence-electron chi connectivity index (χ0n) is 23.6. The molecule has 1 unspecified atom stereocenters. The number of hydrogen-bond donors (Lipinski definition) is 1. The van der Waals surface area contributed by atoms with Gasteiger partial charge in [0.2, 0.25) is 0 Å². The zero-order valence-corrected chi connectivity index (χ0v) is 24.4. The molecule has 1 aromatic heterocycles. The smallest absolute Gasteiger partial charge is 0.255 e. The molecule has 5 rings (SSSR count). The van der Waals surface area contributed by atoms with E-state index in [2.05, 4.69) is 15.5 Å². The maximum atomic E-state index is 13.7. The van der Waals surface area contributed by atoms with E-state index in [1.807, 2.05) is 66.1 Å². The summed E-state index contributed by atoms with van der Waals surface area (Å²) in [5.74, 6) is 1.57. The monoisotopic (exact) mass is 582 g/mol. The highest BCUT2D eigenvalue weighted by Gasteiger charge is 2.26. The van der Waals surface area contributed by atoms with Crippen LogP contribution in [-0.2, 0) is 12.2 Å². The Balaban J connectivity index is 1.54. The molecule has 0 aliphatic carbocycles. The van der Waals surface area contributed by atoms with Gasteiger partial charge < -0.3 is 14.8 Å². The zero-order chi connectivity index (χ0) is 29.5. The Kier molecular flexibility index (Phi) is 9.18. The number of nitrogens with zero attached hydrogens (tertiary/aromatic N) is 3. The van der Waals surface area contributed by atoms with Gasteiger partial charge in [0.1, 0.15) is 17.3 Å². The van der Waals surface area contributed by atoms with Crippen LogP contribution < -0.4 is 14.8 Å². The van der Waals surface area contributed by atoms with E-state index in [4.69, 9.17) is 9.47 Å². The lowest BCUT2D eigenvalue weighted by molar-refractivity contribution is 0.0931. The van der Waals surface area contributed by atoms with E-state index in [1.54, 1.807) is 37.4 Å². The van der Waals surface area contributed by atoms with Crippen LogP contribution in [0.5, 0.6) is 11.5 Å². The number of amides is 1. The number of ether oxygens (including phenoxy) is 2. The Morgan fingerprint density at radius 2 is 1.64 bits per heavy atom. The summed E-state index contributed by atoms with van der Waals surface area (Å²) in [5.41, 5.74) is 4.36. The van der Waals surface area contributed by atoms with Gasteiger partial charge in [-0.1, -0.05) is 71.9 Å². The first-order chi connectivity index (χ1) is 20.4. The fourth-order valence-corrected chi connectivity index (χ4v) is 5.46. The van der Waals surface area contributed by atoms with E-state index in [9.17, 15) is 9.18 Å². The molecule has 0 aliphatic heterocycles. The molecule has 9 heteroatoms. The number of carbonyl (C=O) groups excluding carboxylic acids is 1. The van der Waals surface area contributed by atoms with Gasteiger partial charge in [-0.2, -0.15) is 0 Å². The normalized spacial score (nSPS) is 11.6. The molecule has 214 valence electrons. The Hall–Kier alpha value is -4.63. The maximum Gasteiger partial charge on any atom is 0.255 e. The van der Waals surface area contributed by atoms with Crippen LogP contribution in [0.3, 0.4) is 0 Å². The molecular formula is C33H31FN4O3S. The second kappa shape index (κ2) is 13.4. The molecule has 0 spiro atoms. The number of aromatic nitrogens is 3. The van der Waals surface area contributed by atoms with Crippen molar-refractivity contribution in [1.29, 1.82) is 0 Å². The first-order valence-corrected chi connectivity index (χ1v) is 14.4. The lowest BCUT2D eigenvalue weighted by atomic mass is 10.0. The van der Waals surface area contributed by atoms with Gasteiger partial charge in [-0.05, 0) is 60.9 Å². The van der Waals surface area contributed by atoms with Crippen molar-refractivity contribution in [2.75, 3.05) is 14.2 Å². The molecule has 0 bridgehead atoms. The molecule has 5 aromatic rings. The summed E-state index contributed by atoms with van der Waals surface area (Å²) >= 11 is 1.50. The third-order valence-electron chi connectivity index (χ3n) is 6.78. The molecule has 4 aromatic carbocycles. The first kappa shape index (κ1) is 28.9. The molecule has 1 heterocycles. The fraction of sp³-hybridized carbons (Fsp3) is 0.182. The van der Waals surface area contributed by atoms with Crippen molar-refractivity contribution < 1.29 is 18.7 Å². The maximum absolute atomic E-state index is 13.7. The number of halogens is 1.